The van der Waals surface area contributed by atoms with Gasteiger partial charge in [-0.05, 0) is 52.6 Å². The molecule has 0 spiro atoms. The van der Waals surface area contributed by atoms with Gasteiger partial charge in [-0.15, -0.1) is 11.3 Å². The molecule has 0 aliphatic rings. The van der Waals surface area contributed by atoms with Gasteiger partial charge in [-0.2, -0.15) is 0 Å². The van der Waals surface area contributed by atoms with Crippen molar-refractivity contribution in [3.8, 4) is 17.2 Å². The minimum absolute atomic E-state index is 0.673. The van der Waals surface area contributed by atoms with Gasteiger partial charge in [0, 0.05) is 42.6 Å². The summed E-state index contributed by atoms with van der Waals surface area (Å²) in [5.41, 5.74) is 7.02. The van der Waals surface area contributed by atoms with E-state index in [4.69, 9.17) is 14.4 Å². The maximum atomic E-state index is 6.49. The Balaban J connectivity index is 1.32. The van der Waals surface area contributed by atoms with Crippen molar-refractivity contribution >= 4 is 96.9 Å². The summed E-state index contributed by atoms with van der Waals surface area (Å²) < 4.78 is 11.1. The molecule has 208 valence electrons. The lowest BCUT2D eigenvalue weighted by molar-refractivity contribution is 0.673. The van der Waals surface area contributed by atoms with Crippen LogP contribution in [0.3, 0.4) is 0 Å². The van der Waals surface area contributed by atoms with Gasteiger partial charge in [-0.1, -0.05) is 91.0 Å². The molecule has 0 saturated carbocycles. The zero-order valence-corrected chi connectivity index (χ0v) is 24.6. The number of fused-ring (bicyclic) bond motifs is 8. The van der Waals surface area contributed by atoms with Crippen molar-refractivity contribution in [1.82, 2.24) is 14.5 Å². The summed E-state index contributed by atoms with van der Waals surface area (Å²) in [5.74, 6) is 0.673. The molecule has 0 fully saturated rings. The predicted molar refractivity (Wildman–Crippen MR) is 188 cm³/mol. The lowest BCUT2D eigenvalue weighted by Gasteiger charge is -2.11. The van der Waals surface area contributed by atoms with E-state index >= 15 is 0 Å². The molecule has 4 heterocycles. The smallest absolute Gasteiger partial charge is 0.235 e. The van der Waals surface area contributed by atoms with E-state index in [0.29, 0.717) is 5.95 Å². The van der Waals surface area contributed by atoms with Gasteiger partial charge in [0.25, 0.3) is 0 Å². The monoisotopic (exact) mass is 591 g/mol. The second kappa shape index (κ2) is 8.44. The Bertz CT molecular complexity index is 3000. The number of hydrogen-bond donors (Lipinski definition) is 0. The highest BCUT2D eigenvalue weighted by Crippen LogP contribution is 2.45. The fraction of sp³-hybridized carbons (Fsp3) is 0. The molecule has 4 nitrogen and oxygen atoms in total. The Hall–Kier alpha value is -5.78. The SMILES string of the molecule is c1ccc2cc(-c3nc(-n4c5cccc6ccc7c8oc9ccccc9c8cc4c7c65)nc4c3sc3ccccc34)ccc2c1. The number of hydrogen-bond acceptors (Lipinski definition) is 4. The van der Waals surface area contributed by atoms with Crippen LogP contribution >= 0.6 is 11.3 Å². The van der Waals surface area contributed by atoms with Gasteiger partial charge in [0.15, 0.2) is 0 Å². The molecule has 0 amide bonds. The first-order valence-electron chi connectivity index (χ1n) is 15.1. The average Bonchev–Trinajstić information content (AvgIpc) is 3.76. The third kappa shape index (κ3) is 3.10. The highest BCUT2D eigenvalue weighted by Gasteiger charge is 2.24. The molecular weight excluding hydrogens is 571 g/mol. The molecular formula is C40H21N3OS. The number of benzene rings is 7. The van der Waals surface area contributed by atoms with Crippen molar-refractivity contribution in [2.75, 3.05) is 0 Å². The fourth-order valence-corrected chi connectivity index (χ4v) is 8.51. The normalized spacial score (nSPS) is 12.4. The van der Waals surface area contributed by atoms with Gasteiger partial charge in [0.1, 0.15) is 11.2 Å². The van der Waals surface area contributed by atoms with E-state index in [0.717, 1.165) is 65.2 Å². The van der Waals surface area contributed by atoms with Crippen molar-refractivity contribution in [2.45, 2.75) is 0 Å². The average molecular weight is 592 g/mol. The molecule has 0 bridgehead atoms. The summed E-state index contributed by atoms with van der Waals surface area (Å²) in [6.07, 6.45) is 0. The molecule has 11 rings (SSSR count). The first kappa shape index (κ1) is 23.6. The summed E-state index contributed by atoms with van der Waals surface area (Å²) in [7, 11) is 0. The van der Waals surface area contributed by atoms with E-state index in [1.807, 2.05) is 12.1 Å². The van der Waals surface area contributed by atoms with Crippen LogP contribution in [0, 0.1) is 0 Å². The van der Waals surface area contributed by atoms with E-state index in [9.17, 15) is 0 Å². The number of furan rings is 1. The molecule has 0 aliphatic heterocycles. The van der Waals surface area contributed by atoms with E-state index in [-0.39, 0.29) is 0 Å². The maximum absolute atomic E-state index is 6.49. The summed E-state index contributed by atoms with van der Waals surface area (Å²) in [6, 6.07) is 45.2. The molecule has 0 atom stereocenters. The summed E-state index contributed by atoms with van der Waals surface area (Å²) in [4.78, 5) is 10.8. The van der Waals surface area contributed by atoms with Crippen LogP contribution in [0.15, 0.2) is 132 Å². The molecule has 5 heteroatoms. The van der Waals surface area contributed by atoms with Crippen LogP contribution in [0.2, 0.25) is 0 Å². The Kier molecular flexibility index (Phi) is 4.43. The van der Waals surface area contributed by atoms with Gasteiger partial charge in [0.2, 0.25) is 5.95 Å². The lowest BCUT2D eigenvalue weighted by atomic mass is 10.00. The molecule has 7 aromatic carbocycles. The highest BCUT2D eigenvalue weighted by molar-refractivity contribution is 7.26. The van der Waals surface area contributed by atoms with E-state index in [2.05, 4.69) is 120 Å². The molecule has 0 aliphatic carbocycles. The largest absolute Gasteiger partial charge is 0.455 e. The van der Waals surface area contributed by atoms with Crippen molar-refractivity contribution < 1.29 is 4.42 Å². The zero-order chi connectivity index (χ0) is 29.2. The van der Waals surface area contributed by atoms with Gasteiger partial charge in [-0.3, -0.25) is 4.57 Å². The van der Waals surface area contributed by atoms with Crippen molar-refractivity contribution in [1.29, 1.82) is 0 Å². The maximum Gasteiger partial charge on any atom is 0.235 e. The Morgan fingerprint density at radius 2 is 1.36 bits per heavy atom. The Labute approximate surface area is 259 Å². The summed E-state index contributed by atoms with van der Waals surface area (Å²) in [5, 5.41) is 10.5. The molecule has 45 heavy (non-hydrogen) atoms. The van der Waals surface area contributed by atoms with Crippen LogP contribution in [0.5, 0.6) is 0 Å². The topological polar surface area (TPSA) is 43.9 Å². The second-order valence-corrected chi connectivity index (χ2v) is 12.8. The number of para-hydroxylation sites is 1. The summed E-state index contributed by atoms with van der Waals surface area (Å²) >= 11 is 1.76. The highest BCUT2D eigenvalue weighted by atomic mass is 32.1. The van der Waals surface area contributed by atoms with Gasteiger partial charge in [0.05, 0.1) is 26.9 Å². The van der Waals surface area contributed by atoms with Gasteiger partial charge >= 0.3 is 0 Å². The quantitative estimate of drug-likeness (QED) is 0.188. The molecule has 4 aromatic heterocycles. The first-order chi connectivity index (χ1) is 22.3. The fourth-order valence-electron chi connectivity index (χ4n) is 7.35. The zero-order valence-electron chi connectivity index (χ0n) is 23.8. The van der Waals surface area contributed by atoms with Crippen molar-refractivity contribution in [2.24, 2.45) is 0 Å². The molecule has 0 unspecified atom stereocenters. The minimum Gasteiger partial charge on any atom is -0.455 e. The summed E-state index contributed by atoms with van der Waals surface area (Å²) in [6.45, 7) is 0. The van der Waals surface area contributed by atoms with Crippen LogP contribution in [-0.2, 0) is 0 Å². The molecule has 0 saturated heterocycles. The molecule has 0 N–H and O–H groups in total. The van der Waals surface area contributed by atoms with Gasteiger partial charge < -0.3 is 4.42 Å². The first-order valence-corrected chi connectivity index (χ1v) is 15.9. The predicted octanol–water partition coefficient (Wildman–Crippen LogP) is 11.3. The van der Waals surface area contributed by atoms with E-state index < -0.39 is 0 Å². The van der Waals surface area contributed by atoms with E-state index in [1.54, 1.807) is 11.3 Å². The number of nitrogens with zero attached hydrogens (tertiary/aromatic N) is 3. The second-order valence-electron chi connectivity index (χ2n) is 11.8. The van der Waals surface area contributed by atoms with E-state index in [1.165, 1.54) is 31.6 Å². The van der Waals surface area contributed by atoms with Crippen LogP contribution in [0.25, 0.3) is 103 Å². The number of rotatable bonds is 2. The van der Waals surface area contributed by atoms with Crippen molar-refractivity contribution in [3.05, 3.63) is 127 Å². The van der Waals surface area contributed by atoms with Crippen LogP contribution in [0.4, 0.5) is 0 Å². The number of thiophene rings is 1. The van der Waals surface area contributed by atoms with Crippen LogP contribution in [-0.4, -0.2) is 14.5 Å². The standard InChI is InChI=1S/C40H21N3OS/c1-2-9-24-20-25(17-16-22(24)8-1)36-39-37(27-12-4-6-15-33(27)45-39)42-40(41-36)43-30-13-7-10-23-18-19-28-35(34(23)30)31(43)21-29-26-11-3-5-14-32(26)44-38(28)29/h1-21H. The molecule has 0 radical (unpaired) electrons. The Morgan fingerprint density at radius 1 is 0.556 bits per heavy atom. The minimum atomic E-state index is 0.673. The van der Waals surface area contributed by atoms with Crippen LogP contribution in [0.1, 0.15) is 0 Å². The van der Waals surface area contributed by atoms with Crippen LogP contribution < -0.4 is 0 Å². The molecule has 11 aromatic rings. The number of aromatic nitrogens is 3. The van der Waals surface area contributed by atoms with Crippen molar-refractivity contribution in [3.63, 3.8) is 0 Å². The Morgan fingerprint density at radius 3 is 2.31 bits per heavy atom. The third-order valence-electron chi connectivity index (χ3n) is 9.35. The third-order valence-corrected chi connectivity index (χ3v) is 10.5. The van der Waals surface area contributed by atoms with Gasteiger partial charge in [-0.25, -0.2) is 9.97 Å². The lowest BCUT2D eigenvalue weighted by Crippen LogP contribution is -2.02.